The van der Waals surface area contributed by atoms with Crippen molar-refractivity contribution in [1.82, 2.24) is 4.98 Å². The van der Waals surface area contributed by atoms with E-state index in [9.17, 15) is 13.2 Å². The van der Waals surface area contributed by atoms with Crippen molar-refractivity contribution in [2.45, 2.75) is 36.3 Å². The summed E-state index contributed by atoms with van der Waals surface area (Å²) < 4.78 is 33.8. The van der Waals surface area contributed by atoms with E-state index in [1.54, 1.807) is 36.5 Å². The van der Waals surface area contributed by atoms with E-state index in [4.69, 9.17) is 4.42 Å². The van der Waals surface area contributed by atoms with Crippen LogP contribution < -0.4 is 4.72 Å². The highest BCUT2D eigenvalue weighted by atomic mass is 32.2. The average Bonchev–Trinajstić information content (AvgIpc) is 3.22. The molecular formula is C19H18N2O4S2. The van der Waals surface area contributed by atoms with Crippen LogP contribution in [0.2, 0.25) is 0 Å². The number of ketones is 1. The molecule has 1 saturated carbocycles. The van der Waals surface area contributed by atoms with Gasteiger partial charge in [-0.2, -0.15) is 0 Å². The number of sulfonamides is 1. The minimum atomic E-state index is -3.75. The van der Waals surface area contributed by atoms with E-state index in [2.05, 4.69) is 9.71 Å². The highest BCUT2D eigenvalue weighted by Gasteiger charge is 2.25. The van der Waals surface area contributed by atoms with Gasteiger partial charge in [-0.25, -0.2) is 13.4 Å². The van der Waals surface area contributed by atoms with Crippen LogP contribution in [0.5, 0.6) is 0 Å². The van der Waals surface area contributed by atoms with Crippen LogP contribution in [0.3, 0.4) is 0 Å². The van der Waals surface area contributed by atoms with Gasteiger partial charge in [0.15, 0.2) is 17.4 Å². The van der Waals surface area contributed by atoms with Gasteiger partial charge in [-0.3, -0.25) is 9.52 Å². The number of carbonyl (C=O) groups is 1. The molecule has 140 valence electrons. The number of benzene rings is 1. The molecule has 6 nitrogen and oxygen atoms in total. The Kier molecular flexibility index (Phi) is 4.61. The van der Waals surface area contributed by atoms with Gasteiger partial charge in [-0.15, -0.1) is 11.3 Å². The molecule has 27 heavy (non-hydrogen) atoms. The third kappa shape index (κ3) is 3.68. The molecule has 0 spiro atoms. The van der Waals surface area contributed by atoms with Gasteiger partial charge in [0.2, 0.25) is 0 Å². The molecule has 1 aliphatic rings. The summed E-state index contributed by atoms with van der Waals surface area (Å²) in [4.78, 5) is 16.5. The van der Waals surface area contributed by atoms with Crippen molar-refractivity contribution in [2.75, 3.05) is 4.72 Å². The van der Waals surface area contributed by atoms with E-state index < -0.39 is 10.0 Å². The largest absolute Gasteiger partial charge is 0.440 e. The number of nitrogens with zero attached hydrogens (tertiary/aromatic N) is 1. The van der Waals surface area contributed by atoms with E-state index in [1.807, 2.05) is 0 Å². The number of aromatic nitrogens is 1. The summed E-state index contributed by atoms with van der Waals surface area (Å²) in [5.41, 5.74) is 0.803. The normalized spacial score (nSPS) is 14.7. The molecule has 4 rings (SSSR count). The van der Waals surface area contributed by atoms with Crippen molar-refractivity contribution in [1.29, 1.82) is 0 Å². The highest BCUT2D eigenvalue weighted by Crippen LogP contribution is 2.38. The van der Waals surface area contributed by atoms with Crippen molar-refractivity contribution >= 4 is 32.8 Å². The number of oxazole rings is 1. The van der Waals surface area contributed by atoms with Crippen molar-refractivity contribution in [3.05, 3.63) is 54.0 Å². The van der Waals surface area contributed by atoms with Gasteiger partial charge in [0.1, 0.15) is 4.21 Å². The number of hydrogen-bond donors (Lipinski definition) is 1. The first-order chi connectivity index (χ1) is 12.9. The van der Waals surface area contributed by atoms with E-state index >= 15 is 0 Å². The highest BCUT2D eigenvalue weighted by molar-refractivity contribution is 7.94. The van der Waals surface area contributed by atoms with Gasteiger partial charge in [-0.1, -0.05) is 18.6 Å². The Morgan fingerprint density at radius 3 is 2.78 bits per heavy atom. The first kappa shape index (κ1) is 17.9. The summed E-state index contributed by atoms with van der Waals surface area (Å²) in [6.45, 7) is 1.44. The molecule has 1 aliphatic carbocycles. The molecule has 0 bridgehead atoms. The summed E-state index contributed by atoms with van der Waals surface area (Å²) in [6.07, 6.45) is 5.03. The maximum atomic E-state index is 12.7. The van der Waals surface area contributed by atoms with Crippen LogP contribution in [0.1, 0.15) is 48.4 Å². The Labute approximate surface area is 161 Å². The third-order valence-electron chi connectivity index (χ3n) is 4.59. The molecule has 0 unspecified atom stereocenters. The number of hydrogen-bond acceptors (Lipinski definition) is 6. The van der Waals surface area contributed by atoms with Crippen LogP contribution in [-0.4, -0.2) is 19.2 Å². The molecule has 3 aromatic rings. The third-order valence-corrected chi connectivity index (χ3v) is 7.56. The summed E-state index contributed by atoms with van der Waals surface area (Å²) in [7, 11) is -3.75. The molecule has 0 atom stereocenters. The van der Waals surface area contributed by atoms with Crippen molar-refractivity contribution in [3.8, 4) is 10.6 Å². The molecule has 1 fully saturated rings. The van der Waals surface area contributed by atoms with Crippen molar-refractivity contribution in [3.63, 3.8) is 0 Å². The smallest absolute Gasteiger partial charge is 0.271 e. The number of carbonyl (C=O) groups excluding carboxylic acids is 1. The minimum absolute atomic E-state index is 0.123. The monoisotopic (exact) mass is 402 g/mol. The number of rotatable bonds is 6. The molecule has 1 N–H and O–H groups in total. The zero-order valence-electron chi connectivity index (χ0n) is 14.6. The maximum absolute atomic E-state index is 12.7. The maximum Gasteiger partial charge on any atom is 0.271 e. The predicted octanol–water partition coefficient (Wildman–Crippen LogP) is 4.67. The zero-order valence-corrected chi connectivity index (χ0v) is 16.3. The first-order valence-corrected chi connectivity index (χ1v) is 10.9. The Hall–Kier alpha value is -2.45. The van der Waals surface area contributed by atoms with Crippen LogP contribution in [0.15, 0.2) is 51.2 Å². The Morgan fingerprint density at radius 2 is 2.07 bits per heavy atom. The minimum Gasteiger partial charge on any atom is -0.440 e. The zero-order chi connectivity index (χ0) is 19.0. The van der Waals surface area contributed by atoms with Crippen LogP contribution in [0.25, 0.3) is 10.6 Å². The van der Waals surface area contributed by atoms with Gasteiger partial charge in [0.25, 0.3) is 10.0 Å². The SMILES string of the molecule is CC(=O)c1cccc(NS(=O)(=O)c2ccc(-c3cnc(C4CCC4)o3)s2)c1. The molecule has 0 amide bonds. The second-order valence-electron chi connectivity index (χ2n) is 6.55. The number of nitrogens with one attached hydrogen (secondary N) is 1. The number of anilines is 1. The number of thiophene rings is 1. The van der Waals surface area contributed by atoms with Crippen LogP contribution in [0.4, 0.5) is 5.69 Å². The van der Waals surface area contributed by atoms with E-state index in [-0.39, 0.29) is 9.99 Å². The molecule has 8 heteroatoms. The molecule has 0 aliphatic heterocycles. The molecule has 2 heterocycles. The van der Waals surface area contributed by atoms with E-state index in [0.29, 0.717) is 27.8 Å². The fourth-order valence-electron chi connectivity index (χ4n) is 2.85. The lowest BCUT2D eigenvalue weighted by molar-refractivity contribution is 0.101. The van der Waals surface area contributed by atoms with Gasteiger partial charge >= 0.3 is 0 Å². The number of Topliss-reactive ketones (excluding diaryl/α,β-unsaturated/α-hetero) is 1. The quantitative estimate of drug-likeness (QED) is 0.605. The second-order valence-corrected chi connectivity index (χ2v) is 9.54. The lowest BCUT2D eigenvalue weighted by Crippen LogP contribution is -2.11. The summed E-state index contributed by atoms with van der Waals surface area (Å²) in [5, 5.41) is 0. The molecule has 0 saturated heterocycles. The van der Waals surface area contributed by atoms with Crippen LogP contribution in [0, 0.1) is 0 Å². The van der Waals surface area contributed by atoms with Gasteiger partial charge in [0, 0.05) is 17.2 Å². The van der Waals surface area contributed by atoms with Crippen LogP contribution >= 0.6 is 11.3 Å². The summed E-state index contributed by atoms with van der Waals surface area (Å²) in [5.74, 6) is 1.58. The summed E-state index contributed by atoms with van der Waals surface area (Å²) >= 11 is 1.12. The van der Waals surface area contributed by atoms with E-state index in [1.165, 1.54) is 19.4 Å². The van der Waals surface area contributed by atoms with Crippen molar-refractivity contribution in [2.24, 2.45) is 0 Å². The Balaban J connectivity index is 1.55. The first-order valence-electron chi connectivity index (χ1n) is 8.62. The van der Waals surface area contributed by atoms with Gasteiger partial charge in [0.05, 0.1) is 11.1 Å². The Bertz CT molecular complexity index is 1090. The average molecular weight is 402 g/mol. The lowest BCUT2D eigenvalue weighted by Gasteiger charge is -2.21. The molecule has 1 aromatic carbocycles. The molecule has 2 aromatic heterocycles. The van der Waals surface area contributed by atoms with E-state index in [0.717, 1.165) is 30.1 Å². The lowest BCUT2D eigenvalue weighted by atomic mass is 9.85. The predicted molar refractivity (Wildman–Crippen MR) is 104 cm³/mol. The fraction of sp³-hybridized carbons (Fsp3) is 0.263. The molecule has 0 radical (unpaired) electrons. The van der Waals surface area contributed by atoms with Crippen LogP contribution in [-0.2, 0) is 10.0 Å². The fourth-order valence-corrected chi connectivity index (χ4v) is 5.15. The van der Waals surface area contributed by atoms with Gasteiger partial charge < -0.3 is 4.42 Å². The van der Waals surface area contributed by atoms with Gasteiger partial charge in [-0.05, 0) is 44.0 Å². The summed E-state index contributed by atoms with van der Waals surface area (Å²) in [6, 6.07) is 9.69. The molecular weight excluding hydrogens is 384 g/mol. The Morgan fingerprint density at radius 1 is 1.26 bits per heavy atom. The topological polar surface area (TPSA) is 89.3 Å². The standard InChI is InChI=1S/C19H18N2O4S2/c1-12(22)14-6-3-7-15(10-14)21-27(23,24)18-9-8-17(26-18)16-11-20-19(25-16)13-4-2-5-13/h3,6-11,13,21H,2,4-5H2,1H3. The second kappa shape index (κ2) is 6.94. The van der Waals surface area contributed by atoms with Crippen molar-refractivity contribution < 1.29 is 17.6 Å².